The van der Waals surface area contributed by atoms with E-state index in [1.54, 1.807) is 24.1 Å². The molecule has 2 aromatic rings. The van der Waals surface area contributed by atoms with Gasteiger partial charge >= 0.3 is 0 Å². The summed E-state index contributed by atoms with van der Waals surface area (Å²) in [6.07, 6.45) is 0.368. The van der Waals surface area contributed by atoms with Gasteiger partial charge in [-0.15, -0.1) is 0 Å². The van der Waals surface area contributed by atoms with E-state index >= 15 is 0 Å². The lowest BCUT2D eigenvalue weighted by molar-refractivity contribution is -0.129. The third kappa shape index (κ3) is 5.49. The highest BCUT2D eigenvalue weighted by molar-refractivity contribution is 6.30. The Morgan fingerprint density at radius 3 is 2.54 bits per heavy atom. The van der Waals surface area contributed by atoms with Crippen LogP contribution in [0.1, 0.15) is 30.8 Å². The Morgan fingerprint density at radius 1 is 1.27 bits per heavy atom. The molecule has 5 nitrogen and oxygen atoms in total. The highest BCUT2D eigenvalue weighted by Crippen LogP contribution is 2.17. The Morgan fingerprint density at radius 2 is 1.92 bits per heavy atom. The molecular weight excluding hydrogens is 350 g/mol. The van der Waals surface area contributed by atoms with E-state index in [0.29, 0.717) is 30.5 Å². The molecular formula is C20H28ClN3O2. The molecule has 26 heavy (non-hydrogen) atoms. The lowest BCUT2D eigenvalue weighted by Crippen LogP contribution is -2.32. The molecule has 0 saturated heterocycles. The fraction of sp³-hybridized carbons (Fsp3) is 0.500. The summed E-state index contributed by atoms with van der Waals surface area (Å²) in [7, 11) is 1.80. The highest BCUT2D eigenvalue weighted by Gasteiger charge is 2.17. The number of hydrogen-bond acceptors (Lipinski definition) is 3. The maximum atomic E-state index is 12.6. The third-order valence-electron chi connectivity index (χ3n) is 4.33. The van der Waals surface area contributed by atoms with Gasteiger partial charge in [-0.3, -0.25) is 9.48 Å². The molecule has 0 bridgehead atoms. The van der Waals surface area contributed by atoms with Gasteiger partial charge in [0.2, 0.25) is 5.91 Å². The van der Waals surface area contributed by atoms with Crippen LogP contribution >= 0.6 is 11.6 Å². The SMILES string of the molecule is Cc1nn(CC(C)C)c(C)c1CC(=O)N(C)CCOc1ccc(Cl)cc1. The first-order chi connectivity index (χ1) is 12.3. The summed E-state index contributed by atoms with van der Waals surface area (Å²) >= 11 is 5.85. The van der Waals surface area contributed by atoms with Gasteiger partial charge in [0.1, 0.15) is 12.4 Å². The van der Waals surface area contributed by atoms with Gasteiger partial charge in [-0.2, -0.15) is 5.10 Å². The molecule has 0 radical (unpaired) electrons. The van der Waals surface area contributed by atoms with Crippen molar-refractivity contribution in [1.29, 1.82) is 0 Å². The number of ether oxygens (including phenoxy) is 1. The molecule has 1 amide bonds. The molecule has 0 aliphatic carbocycles. The summed E-state index contributed by atoms with van der Waals surface area (Å²) in [5.41, 5.74) is 3.04. The summed E-state index contributed by atoms with van der Waals surface area (Å²) < 4.78 is 7.66. The monoisotopic (exact) mass is 377 g/mol. The largest absolute Gasteiger partial charge is 0.492 e. The summed E-state index contributed by atoms with van der Waals surface area (Å²) in [5, 5.41) is 5.26. The zero-order valence-electron chi connectivity index (χ0n) is 16.3. The predicted octanol–water partition coefficient (Wildman–Crippen LogP) is 3.89. The molecule has 0 unspecified atom stereocenters. The minimum atomic E-state index is 0.0694. The van der Waals surface area contributed by atoms with E-state index in [1.807, 2.05) is 30.7 Å². The number of hydrogen-bond donors (Lipinski definition) is 0. The summed E-state index contributed by atoms with van der Waals surface area (Å²) in [6.45, 7) is 10.2. The molecule has 0 aliphatic rings. The molecule has 0 fully saturated rings. The van der Waals surface area contributed by atoms with Crippen molar-refractivity contribution < 1.29 is 9.53 Å². The van der Waals surface area contributed by atoms with Crippen LogP contribution in [-0.4, -0.2) is 40.8 Å². The van der Waals surface area contributed by atoms with Gasteiger partial charge in [-0.25, -0.2) is 0 Å². The van der Waals surface area contributed by atoms with Crippen molar-refractivity contribution in [2.24, 2.45) is 5.92 Å². The Labute approximate surface area is 160 Å². The van der Waals surface area contributed by atoms with Crippen LogP contribution in [0.25, 0.3) is 0 Å². The van der Waals surface area contributed by atoms with E-state index in [1.165, 1.54) is 0 Å². The van der Waals surface area contributed by atoms with Gasteiger partial charge in [0, 0.05) is 29.9 Å². The molecule has 6 heteroatoms. The zero-order valence-corrected chi connectivity index (χ0v) is 17.0. The van der Waals surface area contributed by atoms with E-state index in [4.69, 9.17) is 16.3 Å². The Kier molecular flexibility index (Phi) is 7.09. The Hall–Kier alpha value is -2.01. The maximum absolute atomic E-state index is 12.6. The smallest absolute Gasteiger partial charge is 0.226 e. The average Bonchev–Trinajstić information content (AvgIpc) is 2.83. The van der Waals surface area contributed by atoms with Crippen LogP contribution in [0, 0.1) is 19.8 Å². The zero-order chi connectivity index (χ0) is 19.3. The number of nitrogens with zero attached hydrogens (tertiary/aromatic N) is 3. The first-order valence-corrected chi connectivity index (χ1v) is 9.31. The lowest BCUT2D eigenvalue weighted by Gasteiger charge is -2.18. The highest BCUT2D eigenvalue weighted by atomic mass is 35.5. The van der Waals surface area contributed by atoms with Gasteiger partial charge < -0.3 is 9.64 Å². The van der Waals surface area contributed by atoms with Gasteiger partial charge in [0.15, 0.2) is 0 Å². The van der Waals surface area contributed by atoms with E-state index in [9.17, 15) is 4.79 Å². The number of halogens is 1. The Bertz CT molecular complexity index is 738. The topological polar surface area (TPSA) is 47.4 Å². The van der Waals surface area contributed by atoms with Crippen LogP contribution in [0.4, 0.5) is 0 Å². The molecule has 0 spiro atoms. The van der Waals surface area contributed by atoms with Crippen molar-refractivity contribution in [2.75, 3.05) is 20.2 Å². The average molecular weight is 378 g/mol. The van der Waals surface area contributed by atoms with Gasteiger partial charge in [-0.1, -0.05) is 25.4 Å². The maximum Gasteiger partial charge on any atom is 0.226 e. The van der Waals surface area contributed by atoms with E-state index in [0.717, 1.165) is 29.2 Å². The summed E-state index contributed by atoms with van der Waals surface area (Å²) in [6, 6.07) is 7.21. The van der Waals surface area contributed by atoms with E-state index < -0.39 is 0 Å². The summed E-state index contributed by atoms with van der Waals surface area (Å²) in [5.74, 6) is 1.33. The van der Waals surface area contributed by atoms with Crippen LogP contribution in [0.5, 0.6) is 5.75 Å². The summed E-state index contributed by atoms with van der Waals surface area (Å²) in [4.78, 5) is 14.3. The number of rotatable bonds is 8. The van der Waals surface area contributed by atoms with Crippen molar-refractivity contribution in [3.8, 4) is 5.75 Å². The van der Waals surface area contributed by atoms with E-state index in [-0.39, 0.29) is 5.91 Å². The normalized spacial score (nSPS) is 11.0. The molecule has 0 N–H and O–H groups in total. The molecule has 2 rings (SSSR count). The van der Waals surface area contributed by atoms with Crippen molar-refractivity contribution in [3.05, 3.63) is 46.2 Å². The minimum Gasteiger partial charge on any atom is -0.492 e. The second-order valence-electron chi connectivity index (χ2n) is 7.02. The molecule has 0 atom stereocenters. The molecule has 1 heterocycles. The molecule has 0 saturated carbocycles. The molecule has 1 aromatic heterocycles. The Balaban J connectivity index is 1.88. The second-order valence-corrected chi connectivity index (χ2v) is 7.46. The fourth-order valence-electron chi connectivity index (χ4n) is 2.76. The van der Waals surface area contributed by atoms with Gasteiger partial charge in [-0.05, 0) is 44.0 Å². The first-order valence-electron chi connectivity index (χ1n) is 8.93. The van der Waals surface area contributed by atoms with Crippen molar-refractivity contribution in [1.82, 2.24) is 14.7 Å². The van der Waals surface area contributed by atoms with Crippen LogP contribution in [-0.2, 0) is 17.8 Å². The first kappa shape index (κ1) is 20.3. The third-order valence-corrected chi connectivity index (χ3v) is 4.58. The molecule has 0 aliphatic heterocycles. The number of carbonyl (C=O) groups is 1. The van der Waals surface area contributed by atoms with Crippen molar-refractivity contribution in [2.45, 2.75) is 40.7 Å². The van der Waals surface area contributed by atoms with E-state index in [2.05, 4.69) is 18.9 Å². The lowest BCUT2D eigenvalue weighted by atomic mass is 10.1. The van der Waals surface area contributed by atoms with Gasteiger partial charge in [0.25, 0.3) is 0 Å². The molecule has 142 valence electrons. The van der Waals surface area contributed by atoms with Crippen LogP contribution < -0.4 is 4.74 Å². The quantitative estimate of drug-likeness (QED) is 0.701. The van der Waals surface area contributed by atoms with Crippen molar-refractivity contribution in [3.63, 3.8) is 0 Å². The number of likely N-dealkylation sites (N-methyl/N-ethyl adjacent to an activating group) is 1. The number of carbonyl (C=O) groups excluding carboxylic acids is 1. The molecule has 1 aromatic carbocycles. The number of aryl methyl sites for hydroxylation is 1. The minimum absolute atomic E-state index is 0.0694. The van der Waals surface area contributed by atoms with Crippen LogP contribution in [0.2, 0.25) is 5.02 Å². The standard InChI is InChI=1S/C20H28ClN3O2/c1-14(2)13-24-16(4)19(15(3)22-24)12-20(25)23(5)10-11-26-18-8-6-17(21)7-9-18/h6-9,14H,10-13H2,1-5H3. The van der Waals surface area contributed by atoms with Crippen molar-refractivity contribution >= 4 is 17.5 Å². The number of amides is 1. The number of aromatic nitrogens is 2. The van der Waals surface area contributed by atoms with Crippen LogP contribution in [0.15, 0.2) is 24.3 Å². The predicted molar refractivity (Wildman–Crippen MR) is 105 cm³/mol. The second kappa shape index (κ2) is 9.08. The number of benzene rings is 1. The fourth-order valence-corrected chi connectivity index (χ4v) is 2.88. The van der Waals surface area contributed by atoms with Gasteiger partial charge in [0.05, 0.1) is 18.7 Å². The van der Waals surface area contributed by atoms with Crippen LogP contribution in [0.3, 0.4) is 0 Å².